The molecule has 0 atom stereocenters. The highest BCUT2D eigenvalue weighted by molar-refractivity contribution is 6.02. The van der Waals surface area contributed by atoms with Crippen molar-refractivity contribution in [3.63, 3.8) is 0 Å². The molecule has 0 unspecified atom stereocenters. The molecule has 1 amide bonds. The SMILES string of the molecule is COc1ccc(Cn2nc(C)cc2NC(=O)c2cc(C)on2)cc1. The summed E-state index contributed by atoms with van der Waals surface area (Å²) in [6.45, 7) is 4.15. The number of methoxy groups -OCH3 is 1. The maximum absolute atomic E-state index is 12.2. The van der Waals surface area contributed by atoms with Crippen molar-refractivity contribution >= 4 is 11.7 Å². The first kappa shape index (κ1) is 15.8. The molecule has 3 rings (SSSR count). The number of amides is 1. The Bertz CT molecular complexity index is 849. The third-order valence-corrected chi connectivity index (χ3v) is 3.50. The van der Waals surface area contributed by atoms with Crippen molar-refractivity contribution in [2.24, 2.45) is 0 Å². The number of aromatic nitrogens is 3. The molecular formula is C17H18N4O3. The van der Waals surface area contributed by atoms with Crippen LogP contribution < -0.4 is 10.1 Å². The zero-order valence-corrected chi connectivity index (χ0v) is 13.7. The molecule has 2 heterocycles. The summed E-state index contributed by atoms with van der Waals surface area (Å²) >= 11 is 0. The molecule has 0 spiro atoms. The van der Waals surface area contributed by atoms with E-state index in [9.17, 15) is 4.79 Å². The highest BCUT2D eigenvalue weighted by Crippen LogP contribution is 2.17. The molecule has 1 aromatic carbocycles. The van der Waals surface area contributed by atoms with Crippen LogP contribution in [-0.4, -0.2) is 28.0 Å². The van der Waals surface area contributed by atoms with E-state index in [1.807, 2.05) is 37.3 Å². The molecule has 124 valence electrons. The Kier molecular flexibility index (Phi) is 4.33. The minimum Gasteiger partial charge on any atom is -0.497 e. The van der Waals surface area contributed by atoms with Crippen LogP contribution in [0.3, 0.4) is 0 Å². The van der Waals surface area contributed by atoms with Gasteiger partial charge >= 0.3 is 0 Å². The van der Waals surface area contributed by atoms with E-state index < -0.39 is 0 Å². The first-order chi connectivity index (χ1) is 11.5. The highest BCUT2D eigenvalue weighted by atomic mass is 16.5. The number of carbonyl (C=O) groups excluding carboxylic acids is 1. The molecule has 7 nitrogen and oxygen atoms in total. The molecule has 3 aromatic rings. The minimum atomic E-state index is -0.331. The smallest absolute Gasteiger partial charge is 0.278 e. The number of hydrogen-bond acceptors (Lipinski definition) is 5. The summed E-state index contributed by atoms with van der Waals surface area (Å²) in [4.78, 5) is 12.2. The lowest BCUT2D eigenvalue weighted by Crippen LogP contribution is -2.16. The van der Waals surface area contributed by atoms with E-state index in [0.29, 0.717) is 18.1 Å². The topological polar surface area (TPSA) is 82.2 Å². The number of aryl methyl sites for hydroxylation is 2. The Balaban J connectivity index is 1.78. The molecule has 0 aliphatic heterocycles. The summed E-state index contributed by atoms with van der Waals surface area (Å²) in [7, 11) is 1.63. The lowest BCUT2D eigenvalue weighted by atomic mass is 10.2. The van der Waals surface area contributed by atoms with Crippen molar-refractivity contribution in [2.45, 2.75) is 20.4 Å². The van der Waals surface area contributed by atoms with E-state index in [1.165, 1.54) is 0 Å². The minimum absolute atomic E-state index is 0.238. The third kappa shape index (κ3) is 3.45. The van der Waals surface area contributed by atoms with Crippen LogP contribution in [0.2, 0.25) is 0 Å². The van der Waals surface area contributed by atoms with Crippen LogP contribution >= 0.6 is 0 Å². The summed E-state index contributed by atoms with van der Waals surface area (Å²) in [5, 5.41) is 11.0. The fourth-order valence-electron chi connectivity index (χ4n) is 2.32. The van der Waals surface area contributed by atoms with Gasteiger partial charge in [0.2, 0.25) is 0 Å². The van der Waals surface area contributed by atoms with Crippen LogP contribution in [0.25, 0.3) is 0 Å². The first-order valence-corrected chi connectivity index (χ1v) is 7.47. The average molecular weight is 326 g/mol. The van der Waals surface area contributed by atoms with E-state index >= 15 is 0 Å². The Hall–Kier alpha value is -3.09. The Morgan fingerprint density at radius 2 is 2.00 bits per heavy atom. The van der Waals surface area contributed by atoms with Crippen molar-refractivity contribution in [3.05, 3.63) is 59.1 Å². The summed E-state index contributed by atoms with van der Waals surface area (Å²) in [6, 6.07) is 11.1. The largest absolute Gasteiger partial charge is 0.497 e. The fourth-order valence-corrected chi connectivity index (χ4v) is 2.32. The predicted octanol–water partition coefficient (Wildman–Crippen LogP) is 2.80. The lowest BCUT2D eigenvalue weighted by molar-refractivity contribution is 0.101. The molecule has 2 aromatic heterocycles. The quantitative estimate of drug-likeness (QED) is 0.779. The first-order valence-electron chi connectivity index (χ1n) is 7.47. The van der Waals surface area contributed by atoms with Gasteiger partial charge in [0.25, 0.3) is 5.91 Å². The third-order valence-electron chi connectivity index (χ3n) is 3.50. The van der Waals surface area contributed by atoms with Gasteiger partial charge in [-0.15, -0.1) is 0 Å². The van der Waals surface area contributed by atoms with Gasteiger partial charge in [-0.1, -0.05) is 17.3 Å². The van der Waals surface area contributed by atoms with Crippen LogP contribution in [-0.2, 0) is 6.54 Å². The molecule has 0 aliphatic rings. The Morgan fingerprint density at radius 3 is 2.62 bits per heavy atom. The van der Waals surface area contributed by atoms with E-state index in [-0.39, 0.29) is 11.6 Å². The van der Waals surface area contributed by atoms with E-state index in [4.69, 9.17) is 9.26 Å². The monoisotopic (exact) mass is 326 g/mol. The second-order valence-electron chi connectivity index (χ2n) is 5.45. The van der Waals surface area contributed by atoms with Crippen molar-refractivity contribution < 1.29 is 14.1 Å². The molecule has 0 radical (unpaired) electrons. The molecule has 0 aliphatic carbocycles. The second-order valence-corrected chi connectivity index (χ2v) is 5.45. The van der Waals surface area contributed by atoms with Crippen LogP contribution in [0.15, 0.2) is 40.9 Å². The number of hydrogen-bond donors (Lipinski definition) is 1. The van der Waals surface area contributed by atoms with Crippen molar-refractivity contribution in [1.29, 1.82) is 0 Å². The number of ether oxygens (including phenoxy) is 1. The summed E-state index contributed by atoms with van der Waals surface area (Å²) in [6.07, 6.45) is 0. The van der Waals surface area contributed by atoms with Gasteiger partial charge in [-0.25, -0.2) is 4.68 Å². The zero-order chi connectivity index (χ0) is 17.1. The summed E-state index contributed by atoms with van der Waals surface area (Å²) in [5.41, 5.74) is 2.10. The average Bonchev–Trinajstić information content (AvgIpc) is 3.14. The van der Waals surface area contributed by atoms with Gasteiger partial charge in [0.05, 0.1) is 19.3 Å². The number of anilines is 1. The van der Waals surface area contributed by atoms with Crippen LogP contribution in [0.4, 0.5) is 5.82 Å². The van der Waals surface area contributed by atoms with E-state index in [0.717, 1.165) is 17.0 Å². The molecular weight excluding hydrogens is 308 g/mol. The number of nitrogens with one attached hydrogen (secondary N) is 1. The number of benzene rings is 1. The van der Waals surface area contributed by atoms with Gasteiger partial charge in [-0.2, -0.15) is 5.10 Å². The number of rotatable bonds is 5. The fraction of sp³-hybridized carbons (Fsp3) is 0.235. The molecule has 0 saturated heterocycles. The second kappa shape index (κ2) is 6.57. The maximum Gasteiger partial charge on any atom is 0.278 e. The van der Waals surface area contributed by atoms with Gasteiger partial charge in [-0.3, -0.25) is 4.79 Å². The molecule has 0 bridgehead atoms. The van der Waals surface area contributed by atoms with Crippen LogP contribution in [0.5, 0.6) is 5.75 Å². The normalized spacial score (nSPS) is 10.6. The van der Waals surface area contributed by atoms with Crippen molar-refractivity contribution in [1.82, 2.24) is 14.9 Å². The standard InChI is InChI=1S/C17H18N4O3/c1-11-8-16(18-17(22)15-9-12(2)24-20-15)21(19-11)10-13-4-6-14(23-3)7-5-13/h4-9H,10H2,1-3H3,(H,18,22). The molecule has 7 heteroatoms. The van der Waals surface area contributed by atoms with Crippen LogP contribution in [0.1, 0.15) is 27.5 Å². The predicted molar refractivity (Wildman–Crippen MR) is 88.3 cm³/mol. The number of nitrogens with zero attached hydrogens (tertiary/aromatic N) is 3. The molecule has 0 fully saturated rings. The summed E-state index contributed by atoms with van der Waals surface area (Å²) in [5.74, 6) is 1.66. The lowest BCUT2D eigenvalue weighted by Gasteiger charge is -2.08. The van der Waals surface area contributed by atoms with Gasteiger partial charge < -0.3 is 14.6 Å². The van der Waals surface area contributed by atoms with Crippen LogP contribution in [0, 0.1) is 13.8 Å². The van der Waals surface area contributed by atoms with E-state index in [2.05, 4.69) is 15.6 Å². The van der Waals surface area contributed by atoms with Crippen molar-refractivity contribution in [3.8, 4) is 5.75 Å². The van der Waals surface area contributed by atoms with Gasteiger partial charge in [0.1, 0.15) is 17.3 Å². The zero-order valence-electron chi connectivity index (χ0n) is 13.7. The highest BCUT2D eigenvalue weighted by Gasteiger charge is 2.14. The molecule has 1 N–H and O–H groups in total. The maximum atomic E-state index is 12.2. The van der Waals surface area contributed by atoms with Crippen molar-refractivity contribution in [2.75, 3.05) is 12.4 Å². The van der Waals surface area contributed by atoms with Gasteiger partial charge in [0, 0.05) is 12.1 Å². The molecule has 0 saturated carbocycles. The van der Waals surface area contributed by atoms with Gasteiger partial charge in [-0.05, 0) is 31.5 Å². The Labute approximate surface area is 139 Å². The Morgan fingerprint density at radius 1 is 1.25 bits per heavy atom. The molecule has 24 heavy (non-hydrogen) atoms. The van der Waals surface area contributed by atoms with E-state index in [1.54, 1.807) is 24.8 Å². The number of carbonyl (C=O) groups is 1. The van der Waals surface area contributed by atoms with Gasteiger partial charge in [0.15, 0.2) is 5.69 Å². The summed E-state index contributed by atoms with van der Waals surface area (Å²) < 4.78 is 11.8.